The lowest BCUT2D eigenvalue weighted by Gasteiger charge is -2.38. The Morgan fingerprint density at radius 2 is 1.77 bits per heavy atom. The van der Waals surface area contributed by atoms with Crippen LogP contribution >= 0.6 is 0 Å². The highest BCUT2D eigenvalue weighted by Gasteiger charge is 2.34. The minimum atomic E-state index is -0.588. The number of likely N-dealkylation sites (tertiary alicyclic amines) is 1. The Kier molecular flexibility index (Phi) is 6.21. The number of rotatable bonds is 5. The molecule has 0 aromatic heterocycles. The van der Waals surface area contributed by atoms with E-state index in [9.17, 15) is 9.59 Å². The first-order chi connectivity index (χ1) is 14.6. The molecule has 2 amide bonds. The van der Waals surface area contributed by atoms with E-state index >= 15 is 0 Å². The maximum absolute atomic E-state index is 13.0. The highest BCUT2D eigenvalue weighted by molar-refractivity contribution is 5.95. The van der Waals surface area contributed by atoms with Crippen LogP contribution in [0, 0.1) is 0 Å². The van der Waals surface area contributed by atoms with Crippen molar-refractivity contribution < 1.29 is 14.3 Å². The smallest absolute Gasteiger partial charge is 0.265 e. The quantitative estimate of drug-likeness (QED) is 0.825. The zero-order chi connectivity index (χ0) is 20.9. The number of carbonyl (C=O) groups is 2. The van der Waals surface area contributed by atoms with Crippen LogP contribution in [0.3, 0.4) is 0 Å². The van der Waals surface area contributed by atoms with Gasteiger partial charge in [0, 0.05) is 18.8 Å². The molecule has 0 radical (unpaired) electrons. The first-order valence-corrected chi connectivity index (χ1v) is 10.8. The number of benzene rings is 2. The van der Waals surface area contributed by atoms with Crippen molar-refractivity contribution in [2.45, 2.75) is 38.7 Å². The fraction of sp³-hybridized carbons (Fsp3) is 0.417. The second kappa shape index (κ2) is 9.20. The summed E-state index contributed by atoms with van der Waals surface area (Å²) in [6.45, 7) is 4.21. The molecular formula is C24H29N3O3. The van der Waals surface area contributed by atoms with Gasteiger partial charge in [-0.3, -0.25) is 9.59 Å². The third-order valence-electron chi connectivity index (χ3n) is 5.78. The van der Waals surface area contributed by atoms with Gasteiger partial charge in [-0.15, -0.1) is 0 Å². The van der Waals surface area contributed by atoms with E-state index in [4.69, 9.17) is 4.74 Å². The summed E-state index contributed by atoms with van der Waals surface area (Å²) < 4.78 is 6.04. The molecule has 1 N–H and O–H groups in total. The van der Waals surface area contributed by atoms with Gasteiger partial charge in [0.1, 0.15) is 5.75 Å². The number of nitrogens with zero attached hydrogens (tertiary/aromatic N) is 2. The summed E-state index contributed by atoms with van der Waals surface area (Å²) >= 11 is 0. The van der Waals surface area contributed by atoms with E-state index in [1.807, 2.05) is 58.3 Å². The monoisotopic (exact) mass is 407 g/mol. The molecule has 0 aliphatic carbocycles. The van der Waals surface area contributed by atoms with Crippen LogP contribution < -0.4 is 15.0 Å². The number of amides is 2. The van der Waals surface area contributed by atoms with E-state index in [0.717, 1.165) is 43.7 Å². The molecule has 2 aliphatic heterocycles. The van der Waals surface area contributed by atoms with Gasteiger partial charge in [-0.05, 0) is 55.5 Å². The van der Waals surface area contributed by atoms with Crippen molar-refractivity contribution >= 4 is 23.2 Å². The summed E-state index contributed by atoms with van der Waals surface area (Å²) in [7, 11) is 0. The fourth-order valence-electron chi connectivity index (χ4n) is 4.10. The molecule has 1 saturated heterocycles. The minimum absolute atomic E-state index is 0.0183. The fourth-order valence-corrected chi connectivity index (χ4v) is 4.10. The van der Waals surface area contributed by atoms with Gasteiger partial charge >= 0.3 is 0 Å². The van der Waals surface area contributed by atoms with E-state index in [1.54, 1.807) is 0 Å². The summed E-state index contributed by atoms with van der Waals surface area (Å²) in [5, 5.41) is 2.96. The Labute approximate surface area is 177 Å². The molecule has 1 fully saturated rings. The summed E-state index contributed by atoms with van der Waals surface area (Å²) in [6, 6.07) is 15.5. The van der Waals surface area contributed by atoms with Crippen molar-refractivity contribution in [3.63, 3.8) is 0 Å². The van der Waals surface area contributed by atoms with Crippen LogP contribution in [0.2, 0.25) is 0 Å². The van der Waals surface area contributed by atoms with E-state index in [2.05, 4.69) is 12.2 Å². The molecule has 0 saturated carbocycles. The molecule has 2 heterocycles. The topological polar surface area (TPSA) is 61.9 Å². The largest absolute Gasteiger partial charge is 0.477 e. The molecule has 2 aliphatic rings. The molecule has 0 spiro atoms. The molecule has 4 rings (SSSR count). The normalized spacial score (nSPS) is 18.4. The summed E-state index contributed by atoms with van der Waals surface area (Å²) in [5.74, 6) is 0.559. The Balaban J connectivity index is 1.46. The molecule has 2 aromatic carbocycles. The van der Waals surface area contributed by atoms with Crippen molar-refractivity contribution in [1.29, 1.82) is 0 Å². The van der Waals surface area contributed by atoms with Crippen LogP contribution in [0.15, 0.2) is 48.5 Å². The van der Waals surface area contributed by atoms with Gasteiger partial charge in [0.05, 0.1) is 18.8 Å². The van der Waals surface area contributed by atoms with Gasteiger partial charge in [-0.25, -0.2) is 0 Å². The van der Waals surface area contributed by atoms with Crippen molar-refractivity contribution in [2.24, 2.45) is 0 Å². The SMILES string of the molecule is CCc1ccc(NC(=O)CN2CC(C(=O)N3CCCCC3)Oc3ccccc32)cc1. The standard InChI is InChI=1S/C24H29N3O3/c1-2-18-10-12-19(13-11-18)25-23(28)17-27-16-22(24(29)26-14-6-3-7-15-26)30-21-9-5-4-8-20(21)27/h4-5,8-13,22H,2-3,6-7,14-17H2,1H3,(H,25,28). The van der Waals surface area contributed by atoms with Gasteiger partial charge in [0.25, 0.3) is 5.91 Å². The number of carbonyl (C=O) groups excluding carboxylic acids is 2. The average Bonchev–Trinajstić information content (AvgIpc) is 2.79. The summed E-state index contributed by atoms with van der Waals surface area (Å²) in [4.78, 5) is 29.6. The van der Waals surface area contributed by atoms with Crippen LogP contribution in [0.1, 0.15) is 31.7 Å². The summed E-state index contributed by atoms with van der Waals surface area (Å²) in [6.07, 6.45) is 3.62. The van der Waals surface area contributed by atoms with Crippen LogP contribution in [-0.2, 0) is 16.0 Å². The molecule has 6 heteroatoms. The maximum atomic E-state index is 13.0. The predicted molar refractivity (Wildman–Crippen MR) is 118 cm³/mol. The first kappa shape index (κ1) is 20.3. The number of aryl methyl sites for hydroxylation is 1. The predicted octanol–water partition coefficient (Wildman–Crippen LogP) is 3.47. The van der Waals surface area contributed by atoms with Crippen molar-refractivity contribution in [1.82, 2.24) is 4.90 Å². The number of para-hydroxylation sites is 2. The third-order valence-corrected chi connectivity index (χ3v) is 5.78. The molecule has 1 atom stereocenters. The van der Waals surface area contributed by atoms with Gasteiger partial charge in [-0.1, -0.05) is 31.2 Å². The second-order valence-electron chi connectivity index (χ2n) is 7.94. The zero-order valence-corrected chi connectivity index (χ0v) is 17.5. The molecule has 6 nitrogen and oxygen atoms in total. The lowest BCUT2D eigenvalue weighted by Crippen LogP contribution is -2.52. The van der Waals surface area contributed by atoms with Gasteiger partial charge < -0.3 is 19.9 Å². The van der Waals surface area contributed by atoms with Crippen LogP contribution in [0.25, 0.3) is 0 Å². The molecular weight excluding hydrogens is 378 g/mol. The molecule has 158 valence electrons. The van der Waals surface area contributed by atoms with E-state index in [1.165, 1.54) is 12.0 Å². The Morgan fingerprint density at radius 1 is 1.03 bits per heavy atom. The van der Waals surface area contributed by atoms with Crippen molar-refractivity contribution in [3.05, 3.63) is 54.1 Å². The van der Waals surface area contributed by atoms with Gasteiger partial charge in [-0.2, -0.15) is 0 Å². The van der Waals surface area contributed by atoms with Crippen molar-refractivity contribution in [2.75, 3.05) is 36.4 Å². The lowest BCUT2D eigenvalue weighted by molar-refractivity contribution is -0.139. The number of anilines is 2. The van der Waals surface area contributed by atoms with Crippen LogP contribution in [0.4, 0.5) is 11.4 Å². The number of ether oxygens (including phenoxy) is 1. The minimum Gasteiger partial charge on any atom is -0.477 e. The third kappa shape index (κ3) is 4.58. The van der Waals surface area contributed by atoms with Crippen LogP contribution in [0.5, 0.6) is 5.75 Å². The van der Waals surface area contributed by atoms with Gasteiger partial charge in [0.15, 0.2) is 6.10 Å². The molecule has 2 aromatic rings. The number of fused-ring (bicyclic) bond motifs is 1. The zero-order valence-electron chi connectivity index (χ0n) is 17.5. The van der Waals surface area contributed by atoms with Crippen LogP contribution in [-0.4, -0.2) is 49.0 Å². The van der Waals surface area contributed by atoms with E-state index in [0.29, 0.717) is 12.3 Å². The summed E-state index contributed by atoms with van der Waals surface area (Å²) in [5.41, 5.74) is 2.85. The average molecular weight is 408 g/mol. The Bertz CT molecular complexity index is 891. The number of nitrogens with one attached hydrogen (secondary N) is 1. The maximum Gasteiger partial charge on any atom is 0.265 e. The second-order valence-corrected chi connectivity index (χ2v) is 7.94. The molecule has 30 heavy (non-hydrogen) atoms. The number of hydrogen-bond acceptors (Lipinski definition) is 4. The van der Waals surface area contributed by atoms with E-state index in [-0.39, 0.29) is 18.4 Å². The molecule has 0 bridgehead atoms. The van der Waals surface area contributed by atoms with Gasteiger partial charge in [0.2, 0.25) is 5.91 Å². The number of hydrogen-bond donors (Lipinski definition) is 1. The Morgan fingerprint density at radius 3 is 2.50 bits per heavy atom. The lowest BCUT2D eigenvalue weighted by atomic mass is 10.1. The first-order valence-electron chi connectivity index (χ1n) is 10.8. The highest BCUT2D eigenvalue weighted by Crippen LogP contribution is 2.33. The Hall–Kier alpha value is -3.02. The molecule has 1 unspecified atom stereocenters. The highest BCUT2D eigenvalue weighted by atomic mass is 16.5. The van der Waals surface area contributed by atoms with E-state index < -0.39 is 6.10 Å². The van der Waals surface area contributed by atoms with Crippen molar-refractivity contribution in [3.8, 4) is 5.75 Å². The number of piperidine rings is 1.